The number of esters is 1. The summed E-state index contributed by atoms with van der Waals surface area (Å²) >= 11 is 0. The minimum Gasteiger partial charge on any atom is -0.469 e. The largest absolute Gasteiger partial charge is 0.469 e. The smallest absolute Gasteiger partial charge is 0.426 e. The van der Waals surface area contributed by atoms with Crippen LogP contribution < -0.4 is 5.43 Å². The summed E-state index contributed by atoms with van der Waals surface area (Å²) < 4.78 is 36.9. The molecule has 10 nitrogen and oxygen atoms in total. The first-order valence-electron chi connectivity index (χ1n) is 9.48. The molecule has 2 amide bonds. The number of hydrogen-bond donors (Lipinski definition) is 1. The molecule has 11 heteroatoms. The Kier molecular flexibility index (Phi) is 7.45. The Balaban J connectivity index is 2.28. The number of piperazine rings is 1. The lowest BCUT2D eigenvalue weighted by Crippen LogP contribution is -2.63. The SMILES string of the molecule is C=Cc1ccc(S(=O)(=O)N2CC(=O)N(NC(=O)OC(C)(C)C)C(CC(=O)OC)C2)cc1. The molecule has 1 aromatic carbocycles. The van der Waals surface area contributed by atoms with Gasteiger partial charge in [0.25, 0.3) is 5.91 Å². The third-order valence-electron chi connectivity index (χ3n) is 4.35. The quantitative estimate of drug-likeness (QED) is 0.648. The average Bonchev–Trinajstić information content (AvgIpc) is 2.68. The first-order valence-corrected chi connectivity index (χ1v) is 10.9. The summed E-state index contributed by atoms with van der Waals surface area (Å²) in [5.41, 5.74) is 2.24. The van der Waals surface area contributed by atoms with Gasteiger partial charge in [-0.05, 0) is 38.5 Å². The molecule has 0 aromatic heterocycles. The molecular weight excluding hydrogens is 426 g/mol. The minimum atomic E-state index is -4.02. The maximum atomic E-state index is 13.1. The molecule has 1 aromatic rings. The number of sulfonamides is 1. The number of ether oxygens (including phenoxy) is 2. The van der Waals surface area contributed by atoms with E-state index in [9.17, 15) is 22.8 Å². The number of nitrogens with zero attached hydrogens (tertiary/aromatic N) is 2. The van der Waals surface area contributed by atoms with Crippen molar-refractivity contribution >= 4 is 34.1 Å². The van der Waals surface area contributed by atoms with E-state index in [0.29, 0.717) is 0 Å². The van der Waals surface area contributed by atoms with Crippen LogP contribution in [0.25, 0.3) is 6.08 Å². The Bertz CT molecular complexity index is 952. The molecule has 1 N–H and O–H groups in total. The van der Waals surface area contributed by atoms with Gasteiger partial charge < -0.3 is 9.47 Å². The van der Waals surface area contributed by atoms with Gasteiger partial charge in [0.15, 0.2) is 0 Å². The van der Waals surface area contributed by atoms with Crippen LogP contribution in [-0.2, 0) is 29.1 Å². The fourth-order valence-electron chi connectivity index (χ4n) is 2.90. The van der Waals surface area contributed by atoms with Gasteiger partial charge in [-0.25, -0.2) is 23.6 Å². The van der Waals surface area contributed by atoms with Crippen molar-refractivity contribution in [2.24, 2.45) is 0 Å². The highest BCUT2D eigenvalue weighted by Gasteiger charge is 2.41. The molecule has 1 aliphatic rings. The molecule has 0 spiro atoms. The van der Waals surface area contributed by atoms with Crippen LogP contribution in [0, 0.1) is 0 Å². The molecule has 1 fully saturated rings. The van der Waals surface area contributed by atoms with E-state index in [-0.39, 0.29) is 17.9 Å². The number of hydrazine groups is 1. The molecular formula is C20H27N3O7S. The van der Waals surface area contributed by atoms with Crippen molar-refractivity contribution in [3.8, 4) is 0 Å². The summed E-state index contributed by atoms with van der Waals surface area (Å²) in [5, 5.41) is 0.928. The zero-order valence-corrected chi connectivity index (χ0v) is 18.8. The summed E-state index contributed by atoms with van der Waals surface area (Å²) in [6.45, 7) is 7.85. The lowest BCUT2D eigenvalue weighted by atomic mass is 10.1. The van der Waals surface area contributed by atoms with Crippen molar-refractivity contribution in [1.29, 1.82) is 0 Å². The Morgan fingerprint density at radius 1 is 1.26 bits per heavy atom. The van der Waals surface area contributed by atoms with Gasteiger partial charge in [0.05, 0.1) is 31.0 Å². The Morgan fingerprint density at radius 3 is 2.39 bits per heavy atom. The Labute approximate surface area is 181 Å². The Morgan fingerprint density at radius 2 is 1.87 bits per heavy atom. The number of rotatable bonds is 6. The van der Waals surface area contributed by atoms with Crippen molar-refractivity contribution in [3.05, 3.63) is 36.4 Å². The molecule has 0 saturated carbocycles. The second-order valence-electron chi connectivity index (χ2n) is 7.88. The molecule has 1 atom stereocenters. The van der Waals surface area contributed by atoms with E-state index < -0.39 is 46.2 Å². The van der Waals surface area contributed by atoms with Crippen LogP contribution >= 0.6 is 0 Å². The molecule has 2 rings (SSSR count). The third kappa shape index (κ3) is 6.28. The fraction of sp³-hybridized carbons (Fsp3) is 0.450. The van der Waals surface area contributed by atoms with Crippen molar-refractivity contribution in [2.45, 2.75) is 43.7 Å². The van der Waals surface area contributed by atoms with Crippen molar-refractivity contribution < 1.29 is 32.3 Å². The zero-order valence-electron chi connectivity index (χ0n) is 18.0. The van der Waals surface area contributed by atoms with Crippen LogP contribution in [-0.4, -0.2) is 67.5 Å². The summed E-state index contributed by atoms with van der Waals surface area (Å²) in [4.78, 5) is 36.8. The van der Waals surface area contributed by atoms with E-state index in [0.717, 1.165) is 14.9 Å². The lowest BCUT2D eigenvalue weighted by molar-refractivity contribution is -0.148. The number of carbonyl (C=O) groups is 3. The number of benzene rings is 1. The van der Waals surface area contributed by atoms with E-state index in [2.05, 4.69) is 16.7 Å². The van der Waals surface area contributed by atoms with Gasteiger partial charge in [0.2, 0.25) is 10.0 Å². The standard InChI is InChI=1S/C20H27N3O7S/c1-6-14-7-9-16(10-8-14)31(27,28)22-12-15(11-18(25)29-5)23(17(24)13-22)21-19(26)30-20(2,3)4/h6-10,15H,1,11-13H2,2-5H3,(H,21,26). The predicted molar refractivity (Wildman–Crippen MR) is 112 cm³/mol. The Hall–Kier alpha value is -2.92. The number of hydrogen-bond acceptors (Lipinski definition) is 7. The maximum Gasteiger partial charge on any atom is 0.426 e. The molecule has 0 bridgehead atoms. The van der Waals surface area contributed by atoms with Crippen molar-refractivity contribution in [2.75, 3.05) is 20.2 Å². The molecule has 170 valence electrons. The first-order chi connectivity index (χ1) is 14.4. The molecule has 31 heavy (non-hydrogen) atoms. The number of nitrogens with one attached hydrogen (secondary N) is 1. The van der Waals surface area contributed by atoms with Gasteiger partial charge in [-0.1, -0.05) is 24.8 Å². The monoisotopic (exact) mass is 453 g/mol. The van der Waals surface area contributed by atoms with Crippen molar-refractivity contribution in [3.63, 3.8) is 0 Å². The highest BCUT2D eigenvalue weighted by Crippen LogP contribution is 2.22. The molecule has 0 radical (unpaired) electrons. The highest BCUT2D eigenvalue weighted by molar-refractivity contribution is 7.89. The fourth-order valence-corrected chi connectivity index (χ4v) is 4.33. The van der Waals surface area contributed by atoms with E-state index >= 15 is 0 Å². The minimum absolute atomic E-state index is 0.00345. The van der Waals surface area contributed by atoms with Crippen molar-refractivity contribution in [1.82, 2.24) is 14.7 Å². The van der Waals surface area contributed by atoms with E-state index in [1.54, 1.807) is 39.0 Å². The van der Waals surface area contributed by atoms with Crippen LogP contribution in [0.4, 0.5) is 4.79 Å². The summed E-state index contributed by atoms with van der Waals surface area (Å²) in [7, 11) is -2.85. The van der Waals surface area contributed by atoms with E-state index in [1.807, 2.05) is 0 Å². The zero-order chi connectivity index (χ0) is 23.4. The van der Waals surface area contributed by atoms with Crippen LogP contribution in [0.1, 0.15) is 32.8 Å². The molecule has 1 saturated heterocycles. The van der Waals surface area contributed by atoms with E-state index in [4.69, 9.17) is 4.74 Å². The number of amides is 2. The van der Waals surface area contributed by atoms with Gasteiger partial charge in [-0.15, -0.1) is 0 Å². The van der Waals surface area contributed by atoms with Gasteiger partial charge in [-0.3, -0.25) is 9.59 Å². The number of methoxy groups -OCH3 is 1. The summed E-state index contributed by atoms with van der Waals surface area (Å²) in [6.07, 6.45) is 0.361. The lowest BCUT2D eigenvalue weighted by Gasteiger charge is -2.39. The van der Waals surface area contributed by atoms with Crippen LogP contribution in [0.3, 0.4) is 0 Å². The third-order valence-corrected chi connectivity index (χ3v) is 6.18. The van der Waals surface area contributed by atoms with Gasteiger partial charge >= 0.3 is 12.1 Å². The normalized spacial score (nSPS) is 17.7. The van der Waals surface area contributed by atoms with Gasteiger partial charge in [0, 0.05) is 6.54 Å². The van der Waals surface area contributed by atoms with Crippen LogP contribution in [0.15, 0.2) is 35.7 Å². The second-order valence-corrected chi connectivity index (χ2v) is 9.82. The molecule has 1 heterocycles. The molecule has 1 aliphatic heterocycles. The van der Waals surface area contributed by atoms with Gasteiger partial charge in [-0.2, -0.15) is 4.31 Å². The van der Waals surface area contributed by atoms with Crippen LogP contribution in [0.2, 0.25) is 0 Å². The summed E-state index contributed by atoms with van der Waals surface area (Å²) in [6, 6.07) is 5.03. The molecule has 0 aliphatic carbocycles. The molecule has 1 unspecified atom stereocenters. The predicted octanol–water partition coefficient (Wildman–Crippen LogP) is 1.53. The van der Waals surface area contributed by atoms with Crippen LogP contribution in [0.5, 0.6) is 0 Å². The second kappa shape index (κ2) is 9.48. The average molecular weight is 454 g/mol. The first kappa shape index (κ1) is 24.4. The van der Waals surface area contributed by atoms with E-state index in [1.165, 1.54) is 19.2 Å². The topological polar surface area (TPSA) is 122 Å². The van der Waals surface area contributed by atoms with Gasteiger partial charge in [0.1, 0.15) is 5.60 Å². The highest BCUT2D eigenvalue weighted by atomic mass is 32.2. The summed E-state index contributed by atoms with van der Waals surface area (Å²) in [5.74, 6) is -1.37. The number of carbonyl (C=O) groups excluding carboxylic acids is 3. The maximum absolute atomic E-state index is 13.1.